The molecule has 140 valence electrons. The summed E-state index contributed by atoms with van der Waals surface area (Å²) >= 11 is 0. The van der Waals surface area contributed by atoms with E-state index < -0.39 is 0 Å². The van der Waals surface area contributed by atoms with Crippen LogP contribution < -0.4 is 16.2 Å². The van der Waals surface area contributed by atoms with Crippen LogP contribution in [-0.2, 0) is 6.54 Å². The first-order chi connectivity index (χ1) is 12.5. The highest BCUT2D eigenvalue weighted by Crippen LogP contribution is 2.17. The van der Waals surface area contributed by atoms with Crippen molar-refractivity contribution in [2.24, 2.45) is 0 Å². The average Bonchev–Trinajstić information content (AvgIpc) is 2.93. The van der Waals surface area contributed by atoms with Gasteiger partial charge in [0.1, 0.15) is 5.56 Å². The van der Waals surface area contributed by atoms with Gasteiger partial charge in [-0.2, -0.15) is 5.10 Å². The van der Waals surface area contributed by atoms with Crippen molar-refractivity contribution < 1.29 is 4.79 Å². The van der Waals surface area contributed by atoms with Crippen molar-refractivity contribution in [1.82, 2.24) is 25.0 Å². The van der Waals surface area contributed by atoms with Crippen molar-refractivity contribution in [3.8, 4) is 0 Å². The lowest BCUT2D eigenvalue weighted by Gasteiger charge is -2.25. The second-order valence-electron chi connectivity index (χ2n) is 6.97. The van der Waals surface area contributed by atoms with Crippen molar-refractivity contribution in [3.05, 3.63) is 51.2 Å². The standard InChI is InChI=1S/C19H27N5O2/c1-13-6-10-23(16-4-7-20-8-5-16)19(26)17(13)18(25)21-9-11-24-15(3)12-14(2)22-24/h6,10,12,16,20H,4-5,7-9,11H2,1-3H3,(H,21,25). The number of amides is 1. The van der Waals surface area contributed by atoms with Crippen molar-refractivity contribution >= 4 is 5.91 Å². The lowest BCUT2D eigenvalue weighted by atomic mass is 10.0. The van der Waals surface area contributed by atoms with Gasteiger partial charge in [0, 0.05) is 24.5 Å². The molecule has 26 heavy (non-hydrogen) atoms. The van der Waals surface area contributed by atoms with E-state index in [0.717, 1.165) is 37.3 Å². The van der Waals surface area contributed by atoms with Crippen LogP contribution in [0.4, 0.5) is 0 Å². The summed E-state index contributed by atoms with van der Waals surface area (Å²) in [5.41, 5.74) is 2.78. The van der Waals surface area contributed by atoms with Crippen LogP contribution in [0.25, 0.3) is 0 Å². The van der Waals surface area contributed by atoms with Gasteiger partial charge in [-0.15, -0.1) is 0 Å². The fourth-order valence-electron chi connectivity index (χ4n) is 3.55. The molecule has 0 spiro atoms. The predicted molar refractivity (Wildman–Crippen MR) is 101 cm³/mol. The molecule has 1 aliphatic heterocycles. The van der Waals surface area contributed by atoms with Gasteiger partial charge in [0.05, 0.1) is 12.2 Å². The van der Waals surface area contributed by atoms with Gasteiger partial charge in [0.15, 0.2) is 0 Å². The zero-order chi connectivity index (χ0) is 18.7. The molecule has 0 aromatic carbocycles. The Morgan fingerprint density at radius 2 is 2.04 bits per heavy atom. The number of nitrogens with one attached hydrogen (secondary N) is 2. The maximum Gasteiger partial charge on any atom is 0.263 e. The maximum atomic E-state index is 12.9. The number of rotatable bonds is 5. The summed E-state index contributed by atoms with van der Waals surface area (Å²) in [6, 6.07) is 4.02. The van der Waals surface area contributed by atoms with E-state index in [1.54, 1.807) is 4.57 Å². The number of piperidine rings is 1. The van der Waals surface area contributed by atoms with E-state index in [0.29, 0.717) is 18.7 Å². The largest absolute Gasteiger partial charge is 0.350 e. The SMILES string of the molecule is Cc1cc(C)n(CCNC(=O)c2c(C)ccn(C3CCNCC3)c2=O)n1. The number of carbonyl (C=O) groups is 1. The second-order valence-corrected chi connectivity index (χ2v) is 6.97. The Kier molecular flexibility index (Phi) is 5.56. The van der Waals surface area contributed by atoms with E-state index in [1.165, 1.54) is 0 Å². The minimum Gasteiger partial charge on any atom is -0.350 e. The summed E-state index contributed by atoms with van der Waals surface area (Å²) in [4.78, 5) is 25.5. The fourth-order valence-corrected chi connectivity index (χ4v) is 3.55. The molecule has 0 atom stereocenters. The normalized spacial score (nSPS) is 15.2. The van der Waals surface area contributed by atoms with Crippen molar-refractivity contribution in [2.45, 2.75) is 46.2 Å². The molecule has 0 bridgehead atoms. The van der Waals surface area contributed by atoms with E-state index in [9.17, 15) is 9.59 Å². The van der Waals surface area contributed by atoms with Crippen LogP contribution in [0.1, 0.15) is 46.2 Å². The molecule has 1 saturated heterocycles. The number of pyridine rings is 1. The van der Waals surface area contributed by atoms with E-state index in [2.05, 4.69) is 15.7 Å². The lowest BCUT2D eigenvalue weighted by Crippen LogP contribution is -2.39. The first-order valence-corrected chi connectivity index (χ1v) is 9.19. The highest BCUT2D eigenvalue weighted by atomic mass is 16.2. The third-order valence-electron chi connectivity index (χ3n) is 4.97. The van der Waals surface area contributed by atoms with Crippen molar-refractivity contribution in [2.75, 3.05) is 19.6 Å². The summed E-state index contributed by atoms with van der Waals surface area (Å²) in [6.45, 7) is 8.55. The van der Waals surface area contributed by atoms with E-state index >= 15 is 0 Å². The Bertz CT molecular complexity index is 846. The van der Waals surface area contributed by atoms with E-state index in [-0.39, 0.29) is 23.1 Å². The van der Waals surface area contributed by atoms with Crippen LogP contribution in [0, 0.1) is 20.8 Å². The highest BCUT2D eigenvalue weighted by Gasteiger charge is 2.21. The van der Waals surface area contributed by atoms with Crippen LogP contribution in [0.2, 0.25) is 0 Å². The quantitative estimate of drug-likeness (QED) is 0.846. The molecular formula is C19H27N5O2. The van der Waals surface area contributed by atoms with Crippen LogP contribution >= 0.6 is 0 Å². The molecule has 0 radical (unpaired) electrons. The Balaban J connectivity index is 1.72. The molecule has 0 unspecified atom stereocenters. The first kappa shape index (κ1) is 18.4. The maximum absolute atomic E-state index is 12.9. The summed E-state index contributed by atoms with van der Waals surface area (Å²) in [6.07, 6.45) is 3.63. The molecule has 7 nitrogen and oxygen atoms in total. The molecule has 1 aliphatic rings. The summed E-state index contributed by atoms with van der Waals surface area (Å²) in [5, 5.41) is 10.6. The third-order valence-corrected chi connectivity index (χ3v) is 4.97. The number of hydrogen-bond acceptors (Lipinski definition) is 4. The summed E-state index contributed by atoms with van der Waals surface area (Å²) < 4.78 is 3.59. The Morgan fingerprint density at radius 1 is 1.31 bits per heavy atom. The molecule has 3 rings (SSSR count). The van der Waals surface area contributed by atoms with Gasteiger partial charge in [-0.1, -0.05) is 0 Å². The van der Waals surface area contributed by atoms with Gasteiger partial charge in [-0.05, 0) is 64.4 Å². The first-order valence-electron chi connectivity index (χ1n) is 9.19. The lowest BCUT2D eigenvalue weighted by molar-refractivity contribution is 0.0948. The zero-order valence-electron chi connectivity index (χ0n) is 15.7. The summed E-state index contributed by atoms with van der Waals surface area (Å²) in [5.74, 6) is -0.308. The minimum atomic E-state index is -0.308. The molecule has 1 amide bonds. The van der Waals surface area contributed by atoms with Gasteiger partial charge in [0.25, 0.3) is 11.5 Å². The van der Waals surface area contributed by atoms with Crippen molar-refractivity contribution in [1.29, 1.82) is 0 Å². The fraction of sp³-hybridized carbons (Fsp3) is 0.526. The third kappa shape index (κ3) is 3.88. The molecule has 0 saturated carbocycles. The molecule has 3 heterocycles. The molecule has 2 N–H and O–H groups in total. The van der Waals surface area contributed by atoms with E-state index in [4.69, 9.17) is 0 Å². The van der Waals surface area contributed by atoms with Crippen LogP contribution in [0.15, 0.2) is 23.1 Å². The zero-order valence-corrected chi connectivity index (χ0v) is 15.7. The van der Waals surface area contributed by atoms with Gasteiger partial charge in [-0.3, -0.25) is 14.3 Å². The molecule has 0 aliphatic carbocycles. The Morgan fingerprint density at radius 3 is 2.69 bits per heavy atom. The van der Waals surface area contributed by atoms with E-state index in [1.807, 2.05) is 43.8 Å². The smallest absolute Gasteiger partial charge is 0.263 e. The second kappa shape index (κ2) is 7.86. The Labute approximate surface area is 153 Å². The van der Waals surface area contributed by atoms with Gasteiger partial charge in [0.2, 0.25) is 0 Å². The average molecular weight is 357 g/mol. The predicted octanol–water partition coefficient (Wildman–Crippen LogP) is 1.32. The number of aryl methyl sites for hydroxylation is 3. The number of nitrogens with zero attached hydrogens (tertiary/aromatic N) is 3. The molecule has 2 aromatic rings. The Hall–Kier alpha value is -2.41. The molecule has 7 heteroatoms. The number of carbonyl (C=O) groups excluding carboxylic acids is 1. The molecular weight excluding hydrogens is 330 g/mol. The summed E-state index contributed by atoms with van der Waals surface area (Å²) in [7, 11) is 0. The van der Waals surface area contributed by atoms with Crippen molar-refractivity contribution in [3.63, 3.8) is 0 Å². The number of aromatic nitrogens is 3. The van der Waals surface area contributed by atoms with Crippen LogP contribution in [0.5, 0.6) is 0 Å². The van der Waals surface area contributed by atoms with Crippen LogP contribution in [0.3, 0.4) is 0 Å². The monoisotopic (exact) mass is 357 g/mol. The molecule has 1 fully saturated rings. The minimum absolute atomic E-state index is 0.158. The van der Waals surface area contributed by atoms with Gasteiger partial charge < -0.3 is 15.2 Å². The molecule has 2 aromatic heterocycles. The number of hydrogen-bond donors (Lipinski definition) is 2. The van der Waals surface area contributed by atoms with Gasteiger partial charge in [-0.25, -0.2) is 0 Å². The topological polar surface area (TPSA) is 81.0 Å². The highest BCUT2D eigenvalue weighted by molar-refractivity contribution is 5.95. The van der Waals surface area contributed by atoms with Crippen LogP contribution in [-0.4, -0.2) is 39.9 Å². The van der Waals surface area contributed by atoms with Gasteiger partial charge >= 0.3 is 0 Å².